The Morgan fingerprint density at radius 2 is 1.86 bits per heavy atom. The Morgan fingerprint density at radius 3 is 2.48 bits per heavy atom. The molecule has 2 amide bonds. The van der Waals surface area contributed by atoms with Crippen molar-refractivity contribution in [2.75, 3.05) is 13.1 Å². The second kappa shape index (κ2) is 8.59. The van der Waals surface area contributed by atoms with Gasteiger partial charge in [-0.2, -0.15) is 0 Å². The van der Waals surface area contributed by atoms with Crippen LogP contribution in [0.1, 0.15) is 24.1 Å². The number of fused-ring (bicyclic) bond motifs is 1. The van der Waals surface area contributed by atoms with E-state index in [1.54, 1.807) is 29.3 Å². The number of likely N-dealkylation sites (tertiary alicyclic amines) is 1. The zero-order chi connectivity index (χ0) is 20.4. The van der Waals surface area contributed by atoms with E-state index in [9.17, 15) is 9.59 Å². The van der Waals surface area contributed by atoms with Gasteiger partial charge in [-0.25, -0.2) is 4.79 Å². The van der Waals surface area contributed by atoms with Gasteiger partial charge in [0.25, 0.3) is 0 Å². The van der Waals surface area contributed by atoms with Crippen LogP contribution in [0.3, 0.4) is 0 Å². The van der Waals surface area contributed by atoms with Crippen LogP contribution in [0.5, 0.6) is 0 Å². The van der Waals surface area contributed by atoms with Gasteiger partial charge in [-0.3, -0.25) is 9.89 Å². The van der Waals surface area contributed by atoms with Crippen LogP contribution in [0, 0.1) is 17.8 Å². The highest BCUT2D eigenvalue weighted by Gasteiger charge is 2.44. The maximum Gasteiger partial charge on any atom is 0.410 e. The second-order valence-corrected chi connectivity index (χ2v) is 8.50. The largest absolute Gasteiger partial charge is 0.445 e. The number of halogens is 2. The summed E-state index contributed by atoms with van der Waals surface area (Å²) in [6.45, 7) is 1.75. The summed E-state index contributed by atoms with van der Waals surface area (Å²) < 4.78 is 5.42. The number of H-pyrrole nitrogens is 1. The standard InChI is InChI=1S/C19H21Cl2N5O3/c20-15-1-11(2-16(21)5-15)10-29-19(28)26-8-13-3-12(4-14(13)9-26)18(27)22-6-17-7-23-25-24-17/h1-2,5,7,12-14H,3-4,6,8-10H2,(H,22,27)(H,23,24,25)/t12-,13+,14-. The molecule has 8 nitrogen and oxygen atoms in total. The number of benzene rings is 1. The van der Waals surface area contributed by atoms with Crippen molar-refractivity contribution in [1.29, 1.82) is 0 Å². The molecule has 4 rings (SSSR count). The average Bonchev–Trinajstić information content (AvgIpc) is 3.39. The van der Waals surface area contributed by atoms with Crippen molar-refractivity contribution in [3.63, 3.8) is 0 Å². The molecule has 29 heavy (non-hydrogen) atoms. The first kappa shape index (κ1) is 20.0. The van der Waals surface area contributed by atoms with Crippen LogP contribution >= 0.6 is 23.2 Å². The number of aromatic nitrogens is 3. The molecular formula is C19H21Cl2N5O3. The number of hydrogen-bond acceptors (Lipinski definition) is 5. The average molecular weight is 438 g/mol. The predicted molar refractivity (Wildman–Crippen MR) is 106 cm³/mol. The Balaban J connectivity index is 1.23. The molecule has 1 aliphatic heterocycles. The number of rotatable bonds is 5. The van der Waals surface area contributed by atoms with Gasteiger partial charge in [0, 0.05) is 29.1 Å². The van der Waals surface area contributed by atoms with E-state index in [4.69, 9.17) is 27.9 Å². The summed E-state index contributed by atoms with van der Waals surface area (Å²) in [6.07, 6.45) is 2.81. The lowest BCUT2D eigenvalue weighted by atomic mass is 10.0. The third-order valence-electron chi connectivity index (χ3n) is 5.58. The monoisotopic (exact) mass is 437 g/mol. The molecule has 2 aliphatic rings. The molecule has 1 saturated carbocycles. The first-order valence-corrected chi connectivity index (χ1v) is 10.2. The fraction of sp³-hybridized carbons (Fsp3) is 0.474. The molecule has 154 valence electrons. The lowest BCUT2D eigenvalue weighted by Gasteiger charge is -2.19. The minimum absolute atomic E-state index is 0.0207. The summed E-state index contributed by atoms with van der Waals surface area (Å²) in [7, 11) is 0. The van der Waals surface area contributed by atoms with Crippen molar-refractivity contribution in [3.05, 3.63) is 45.7 Å². The first-order valence-electron chi connectivity index (χ1n) is 9.47. The summed E-state index contributed by atoms with van der Waals surface area (Å²) in [5.74, 6) is 0.675. The third-order valence-corrected chi connectivity index (χ3v) is 6.02. The van der Waals surface area contributed by atoms with Gasteiger partial charge in [-0.15, -0.1) is 5.10 Å². The molecule has 2 N–H and O–H groups in total. The lowest BCUT2D eigenvalue weighted by Crippen LogP contribution is -2.33. The minimum Gasteiger partial charge on any atom is -0.445 e. The van der Waals surface area contributed by atoms with E-state index < -0.39 is 0 Å². The van der Waals surface area contributed by atoms with Crippen molar-refractivity contribution in [2.45, 2.75) is 26.0 Å². The molecule has 0 bridgehead atoms. The maximum absolute atomic E-state index is 12.4. The molecule has 0 unspecified atom stereocenters. The summed E-state index contributed by atoms with van der Waals surface area (Å²) in [5.41, 5.74) is 1.52. The molecule has 1 saturated heterocycles. The molecule has 3 atom stereocenters. The molecule has 0 spiro atoms. The molecular weight excluding hydrogens is 417 g/mol. The van der Waals surface area contributed by atoms with E-state index in [1.807, 2.05) is 0 Å². The summed E-state index contributed by atoms with van der Waals surface area (Å²) >= 11 is 11.9. The molecule has 2 fully saturated rings. The van der Waals surface area contributed by atoms with Crippen LogP contribution in [0.25, 0.3) is 0 Å². The van der Waals surface area contributed by atoms with Gasteiger partial charge in [-0.05, 0) is 48.4 Å². The fourth-order valence-electron chi connectivity index (χ4n) is 4.23. The SMILES string of the molecule is O=C(NCc1cnn[nH]1)[C@H]1C[C@@H]2CN(C(=O)OCc3cc(Cl)cc(Cl)c3)C[C@@H]2C1. The Labute approximate surface area is 177 Å². The van der Waals surface area contributed by atoms with Gasteiger partial charge in [0.05, 0.1) is 18.4 Å². The summed E-state index contributed by atoms with van der Waals surface area (Å²) in [6, 6.07) is 5.08. The molecule has 1 aromatic heterocycles. The predicted octanol–water partition coefficient (Wildman–Crippen LogP) is 3.02. The Hall–Kier alpha value is -2.32. The van der Waals surface area contributed by atoms with Crippen LogP contribution in [0.4, 0.5) is 4.79 Å². The van der Waals surface area contributed by atoms with Crippen LogP contribution in [-0.2, 0) is 22.7 Å². The Kier molecular flexibility index (Phi) is 5.91. The topological polar surface area (TPSA) is 100 Å². The second-order valence-electron chi connectivity index (χ2n) is 7.63. The van der Waals surface area contributed by atoms with Crippen LogP contribution in [0.15, 0.2) is 24.4 Å². The number of hydrogen-bond donors (Lipinski definition) is 2. The maximum atomic E-state index is 12.4. The van der Waals surface area contributed by atoms with Crippen molar-refractivity contribution >= 4 is 35.2 Å². The number of nitrogens with zero attached hydrogens (tertiary/aromatic N) is 3. The van der Waals surface area contributed by atoms with Crippen LogP contribution in [-0.4, -0.2) is 45.4 Å². The lowest BCUT2D eigenvalue weighted by molar-refractivity contribution is -0.125. The Bertz CT molecular complexity index is 858. The van der Waals surface area contributed by atoms with E-state index in [2.05, 4.69) is 20.7 Å². The Morgan fingerprint density at radius 1 is 1.17 bits per heavy atom. The van der Waals surface area contributed by atoms with Gasteiger partial charge >= 0.3 is 6.09 Å². The van der Waals surface area contributed by atoms with Gasteiger partial charge in [0.15, 0.2) is 0 Å². The zero-order valence-corrected chi connectivity index (χ0v) is 17.1. The van der Waals surface area contributed by atoms with Gasteiger partial charge < -0.3 is 15.0 Å². The van der Waals surface area contributed by atoms with Crippen molar-refractivity contribution in [2.24, 2.45) is 17.8 Å². The summed E-state index contributed by atoms with van der Waals surface area (Å²) in [4.78, 5) is 26.5. The smallest absolute Gasteiger partial charge is 0.410 e. The van der Waals surface area contributed by atoms with Gasteiger partial charge in [-0.1, -0.05) is 28.4 Å². The number of nitrogens with one attached hydrogen (secondary N) is 2. The van der Waals surface area contributed by atoms with Crippen LogP contribution in [0.2, 0.25) is 10.0 Å². The van der Waals surface area contributed by atoms with E-state index in [0.29, 0.717) is 41.5 Å². The van der Waals surface area contributed by atoms with Gasteiger partial charge in [0.1, 0.15) is 6.61 Å². The number of carbonyl (C=O) groups is 2. The van der Waals surface area contributed by atoms with Crippen LogP contribution < -0.4 is 5.32 Å². The third kappa shape index (κ3) is 4.82. The van der Waals surface area contributed by atoms with Crippen molar-refractivity contribution < 1.29 is 14.3 Å². The molecule has 10 heteroatoms. The highest BCUT2D eigenvalue weighted by atomic mass is 35.5. The van der Waals surface area contributed by atoms with Gasteiger partial charge in [0.2, 0.25) is 5.91 Å². The number of carbonyl (C=O) groups excluding carboxylic acids is 2. The molecule has 2 aromatic rings. The molecule has 1 aliphatic carbocycles. The van der Waals surface area contributed by atoms with E-state index in [1.165, 1.54) is 0 Å². The quantitative estimate of drug-likeness (QED) is 0.748. The fourth-order valence-corrected chi connectivity index (χ4v) is 4.80. The molecule has 1 aromatic carbocycles. The van der Waals surface area contributed by atoms with E-state index >= 15 is 0 Å². The molecule has 2 heterocycles. The number of ether oxygens (including phenoxy) is 1. The normalized spacial score (nSPS) is 23.1. The first-order chi connectivity index (χ1) is 14.0. The number of amides is 2. The van der Waals surface area contributed by atoms with E-state index in [0.717, 1.165) is 24.1 Å². The molecule has 0 radical (unpaired) electrons. The number of aromatic amines is 1. The minimum atomic E-state index is -0.344. The highest BCUT2D eigenvalue weighted by Crippen LogP contribution is 2.41. The highest BCUT2D eigenvalue weighted by molar-refractivity contribution is 6.34. The summed E-state index contributed by atoms with van der Waals surface area (Å²) in [5, 5.41) is 14.0. The van der Waals surface area contributed by atoms with Crippen molar-refractivity contribution in [3.8, 4) is 0 Å². The zero-order valence-electron chi connectivity index (χ0n) is 15.6. The van der Waals surface area contributed by atoms with E-state index in [-0.39, 0.29) is 24.5 Å². The van der Waals surface area contributed by atoms with Crippen molar-refractivity contribution in [1.82, 2.24) is 25.6 Å².